The molecular weight excluding hydrogens is 298 g/mol. The van der Waals surface area contributed by atoms with Crippen molar-refractivity contribution in [3.63, 3.8) is 0 Å². The first-order valence-corrected chi connectivity index (χ1v) is 6.49. The number of hydrogen-bond acceptors (Lipinski definition) is 3. The monoisotopic (exact) mass is 315 g/mol. The van der Waals surface area contributed by atoms with Crippen LogP contribution < -0.4 is 10.1 Å². The van der Waals surface area contributed by atoms with E-state index in [9.17, 15) is 4.79 Å². The van der Waals surface area contributed by atoms with Gasteiger partial charge in [-0.05, 0) is 38.5 Å². The van der Waals surface area contributed by atoms with Gasteiger partial charge in [-0.2, -0.15) is 0 Å². The Bertz CT molecular complexity index is 432. The molecule has 1 aromatic rings. The average molecular weight is 316 g/mol. The third kappa shape index (κ3) is 4.31. The number of ether oxygens (including phenoxy) is 2. The zero-order chi connectivity index (χ0) is 13.7. The van der Waals surface area contributed by atoms with E-state index in [0.717, 1.165) is 10.0 Å². The van der Waals surface area contributed by atoms with Gasteiger partial charge >= 0.3 is 0 Å². The van der Waals surface area contributed by atoms with Crippen LogP contribution in [0.2, 0.25) is 0 Å². The topological polar surface area (TPSA) is 47.6 Å². The Morgan fingerprint density at radius 1 is 1.44 bits per heavy atom. The van der Waals surface area contributed by atoms with E-state index < -0.39 is 0 Å². The summed E-state index contributed by atoms with van der Waals surface area (Å²) in [5.74, 6) is 0.437. The number of nitrogens with one attached hydrogen (secondary N) is 1. The normalized spacial score (nSPS) is 10.6. The summed E-state index contributed by atoms with van der Waals surface area (Å²) in [5, 5.41) is 2.80. The second-order valence-electron chi connectivity index (χ2n) is 4.21. The Kier molecular flexibility index (Phi) is 5.62. The molecule has 0 aliphatic heterocycles. The van der Waals surface area contributed by atoms with E-state index in [0.29, 0.717) is 11.4 Å². The molecule has 0 saturated heterocycles. The molecule has 1 rings (SSSR count). The number of methoxy groups -OCH3 is 1. The van der Waals surface area contributed by atoms with Gasteiger partial charge in [0.25, 0.3) is 0 Å². The van der Waals surface area contributed by atoms with E-state index in [2.05, 4.69) is 21.2 Å². The smallest absolute Gasteiger partial charge is 0.250 e. The van der Waals surface area contributed by atoms with Crippen LogP contribution in [0, 0.1) is 6.92 Å². The molecule has 0 bridgehead atoms. The maximum atomic E-state index is 11.7. The Hall–Kier alpha value is -1.07. The molecule has 18 heavy (non-hydrogen) atoms. The number of hydrogen-bond donors (Lipinski definition) is 1. The number of carbonyl (C=O) groups excluding carboxylic acids is 1. The molecule has 1 amide bonds. The molecule has 1 aromatic carbocycles. The quantitative estimate of drug-likeness (QED) is 0.908. The number of rotatable bonds is 5. The highest BCUT2D eigenvalue weighted by Crippen LogP contribution is 2.31. The van der Waals surface area contributed by atoms with Crippen LogP contribution in [-0.2, 0) is 9.53 Å². The van der Waals surface area contributed by atoms with Crippen molar-refractivity contribution in [3.05, 3.63) is 22.2 Å². The van der Waals surface area contributed by atoms with E-state index in [4.69, 9.17) is 9.47 Å². The molecule has 0 aromatic heterocycles. The fourth-order valence-corrected chi connectivity index (χ4v) is 2.00. The van der Waals surface area contributed by atoms with Crippen LogP contribution in [0.4, 0.5) is 5.69 Å². The Labute approximate surface area is 116 Å². The molecule has 0 unspecified atom stereocenters. The standard InChI is InChI=1S/C13H18BrNO3/c1-8(2)18-7-12(16)15-13-9(3)5-10(14)6-11(13)17-4/h5-6,8H,7H2,1-4H3,(H,15,16). The lowest BCUT2D eigenvalue weighted by Gasteiger charge is -2.14. The third-order valence-electron chi connectivity index (χ3n) is 2.30. The van der Waals surface area contributed by atoms with Crippen molar-refractivity contribution in [2.24, 2.45) is 0 Å². The van der Waals surface area contributed by atoms with Gasteiger partial charge in [-0.25, -0.2) is 0 Å². The van der Waals surface area contributed by atoms with Gasteiger partial charge in [0.1, 0.15) is 12.4 Å². The van der Waals surface area contributed by atoms with E-state index in [1.54, 1.807) is 7.11 Å². The first kappa shape index (κ1) is 15.0. The van der Waals surface area contributed by atoms with Crippen molar-refractivity contribution < 1.29 is 14.3 Å². The molecule has 4 nitrogen and oxygen atoms in total. The highest BCUT2D eigenvalue weighted by Gasteiger charge is 2.12. The largest absolute Gasteiger partial charge is 0.495 e. The van der Waals surface area contributed by atoms with Gasteiger partial charge in [-0.15, -0.1) is 0 Å². The molecule has 1 N–H and O–H groups in total. The Balaban J connectivity index is 2.80. The number of anilines is 1. The summed E-state index contributed by atoms with van der Waals surface area (Å²) in [6.07, 6.45) is 0.0312. The minimum Gasteiger partial charge on any atom is -0.495 e. The molecule has 0 saturated carbocycles. The highest BCUT2D eigenvalue weighted by atomic mass is 79.9. The van der Waals surface area contributed by atoms with E-state index >= 15 is 0 Å². The molecular formula is C13H18BrNO3. The van der Waals surface area contributed by atoms with Gasteiger partial charge < -0.3 is 14.8 Å². The van der Waals surface area contributed by atoms with Crippen LogP contribution in [0.1, 0.15) is 19.4 Å². The Morgan fingerprint density at radius 2 is 2.11 bits per heavy atom. The second kappa shape index (κ2) is 6.75. The lowest BCUT2D eigenvalue weighted by atomic mass is 10.2. The Morgan fingerprint density at radius 3 is 2.67 bits per heavy atom. The van der Waals surface area contributed by atoms with Crippen molar-refractivity contribution in [1.82, 2.24) is 0 Å². The van der Waals surface area contributed by atoms with Crippen molar-refractivity contribution in [2.45, 2.75) is 26.9 Å². The van der Waals surface area contributed by atoms with Gasteiger partial charge in [0, 0.05) is 4.47 Å². The summed E-state index contributed by atoms with van der Waals surface area (Å²) in [7, 11) is 1.57. The summed E-state index contributed by atoms with van der Waals surface area (Å²) in [6.45, 7) is 5.72. The van der Waals surface area contributed by atoms with Crippen molar-refractivity contribution >= 4 is 27.5 Å². The first-order chi connectivity index (χ1) is 8.43. The van der Waals surface area contributed by atoms with E-state index in [1.165, 1.54) is 0 Å². The van der Waals surface area contributed by atoms with Gasteiger partial charge in [0.05, 0.1) is 18.9 Å². The fraction of sp³-hybridized carbons (Fsp3) is 0.462. The molecule has 0 heterocycles. The molecule has 100 valence electrons. The van der Waals surface area contributed by atoms with Crippen LogP contribution in [-0.4, -0.2) is 25.7 Å². The molecule has 0 atom stereocenters. The van der Waals surface area contributed by atoms with E-state index in [-0.39, 0.29) is 18.6 Å². The average Bonchev–Trinajstić information content (AvgIpc) is 2.29. The van der Waals surface area contributed by atoms with Crippen LogP contribution in [0.3, 0.4) is 0 Å². The maximum Gasteiger partial charge on any atom is 0.250 e. The predicted molar refractivity (Wildman–Crippen MR) is 75.1 cm³/mol. The van der Waals surface area contributed by atoms with Gasteiger partial charge in [-0.3, -0.25) is 4.79 Å². The molecule has 0 aliphatic rings. The van der Waals surface area contributed by atoms with Gasteiger partial charge in [0.2, 0.25) is 5.91 Å². The summed E-state index contributed by atoms with van der Waals surface area (Å²) < 4.78 is 11.4. The number of carbonyl (C=O) groups is 1. The van der Waals surface area contributed by atoms with E-state index in [1.807, 2.05) is 32.9 Å². The number of aryl methyl sites for hydroxylation is 1. The maximum absolute atomic E-state index is 11.7. The summed E-state index contributed by atoms with van der Waals surface area (Å²) in [6, 6.07) is 3.73. The van der Waals surface area contributed by atoms with Crippen molar-refractivity contribution in [3.8, 4) is 5.75 Å². The minimum atomic E-state index is -0.188. The first-order valence-electron chi connectivity index (χ1n) is 5.69. The van der Waals surface area contributed by atoms with Gasteiger partial charge in [-0.1, -0.05) is 15.9 Å². The summed E-state index contributed by atoms with van der Waals surface area (Å²) in [5.41, 5.74) is 1.61. The van der Waals surface area contributed by atoms with Gasteiger partial charge in [0.15, 0.2) is 0 Å². The van der Waals surface area contributed by atoms with Crippen LogP contribution in [0.25, 0.3) is 0 Å². The molecule has 0 radical (unpaired) electrons. The van der Waals surface area contributed by atoms with Crippen LogP contribution >= 0.6 is 15.9 Å². The van der Waals surface area contributed by atoms with Crippen LogP contribution in [0.5, 0.6) is 5.75 Å². The number of benzene rings is 1. The SMILES string of the molecule is COc1cc(Br)cc(C)c1NC(=O)COC(C)C. The summed E-state index contributed by atoms with van der Waals surface area (Å²) >= 11 is 3.39. The molecule has 5 heteroatoms. The summed E-state index contributed by atoms with van der Waals surface area (Å²) in [4.78, 5) is 11.7. The molecule has 0 aliphatic carbocycles. The van der Waals surface area contributed by atoms with Crippen molar-refractivity contribution in [1.29, 1.82) is 0 Å². The zero-order valence-electron chi connectivity index (χ0n) is 11.0. The van der Waals surface area contributed by atoms with Crippen molar-refractivity contribution in [2.75, 3.05) is 19.0 Å². The zero-order valence-corrected chi connectivity index (χ0v) is 12.6. The van der Waals surface area contributed by atoms with Crippen LogP contribution in [0.15, 0.2) is 16.6 Å². The minimum absolute atomic E-state index is 0.0312. The number of amides is 1. The molecule has 0 fully saturated rings. The number of halogens is 1. The second-order valence-corrected chi connectivity index (χ2v) is 5.12. The predicted octanol–water partition coefficient (Wildman–Crippen LogP) is 3.13. The third-order valence-corrected chi connectivity index (χ3v) is 2.75. The molecule has 0 spiro atoms. The highest BCUT2D eigenvalue weighted by molar-refractivity contribution is 9.10. The lowest BCUT2D eigenvalue weighted by Crippen LogP contribution is -2.21. The lowest BCUT2D eigenvalue weighted by molar-refractivity contribution is -0.121. The fourth-order valence-electron chi connectivity index (χ4n) is 1.45.